The first kappa shape index (κ1) is 12.3. The van der Waals surface area contributed by atoms with Gasteiger partial charge < -0.3 is 10.6 Å². The van der Waals surface area contributed by atoms with Crippen LogP contribution in [0, 0.1) is 0 Å². The number of hydrogen-bond acceptors (Lipinski definition) is 3. The lowest BCUT2D eigenvalue weighted by Crippen LogP contribution is -2.49. The van der Waals surface area contributed by atoms with Crippen molar-refractivity contribution in [3.05, 3.63) is 0 Å². The molecular formula is C9H16ClN3O2. The second kappa shape index (κ2) is 3.98. The van der Waals surface area contributed by atoms with Crippen molar-refractivity contribution in [2.24, 2.45) is 0 Å². The summed E-state index contributed by atoms with van der Waals surface area (Å²) < 4.78 is 0. The zero-order valence-corrected chi connectivity index (χ0v) is 9.69. The van der Waals surface area contributed by atoms with Crippen LogP contribution in [-0.4, -0.2) is 41.5 Å². The highest BCUT2D eigenvalue weighted by Gasteiger charge is 2.53. The fourth-order valence-electron chi connectivity index (χ4n) is 2.09. The third kappa shape index (κ3) is 1.70. The Hall–Kier alpha value is -0.810. The molecule has 0 aromatic heterocycles. The minimum absolute atomic E-state index is 0. The molecule has 0 aliphatic carbocycles. The van der Waals surface area contributed by atoms with Crippen LogP contribution in [0.3, 0.4) is 0 Å². The minimum atomic E-state index is -0.651. The Morgan fingerprint density at radius 2 is 2.07 bits per heavy atom. The molecule has 2 heterocycles. The molecule has 5 nitrogen and oxygen atoms in total. The fraction of sp³-hybridized carbons (Fsp3) is 0.778. The van der Waals surface area contributed by atoms with Crippen LogP contribution in [0.5, 0.6) is 0 Å². The smallest absolute Gasteiger partial charge is 0.322 e. The highest BCUT2D eigenvalue weighted by atomic mass is 35.5. The Kier molecular flexibility index (Phi) is 3.25. The number of imide groups is 1. The number of nitrogens with one attached hydrogen (secondary N) is 2. The van der Waals surface area contributed by atoms with Gasteiger partial charge in [0.05, 0.1) is 0 Å². The highest BCUT2D eigenvalue weighted by molar-refractivity contribution is 6.07. The van der Waals surface area contributed by atoms with Crippen LogP contribution < -0.4 is 10.6 Å². The summed E-state index contributed by atoms with van der Waals surface area (Å²) in [4.78, 5) is 24.9. The maximum atomic E-state index is 12.0. The quantitative estimate of drug-likeness (QED) is 0.632. The third-order valence-corrected chi connectivity index (χ3v) is 2.86. The fourth-order valence-corrected chi connectivity index (χ4v) is 2.09. The third-order valence-electron chi connectivity index (χ3n) is 2.86. The Balaban J connectivity index is 0.00000112. The first-order chi connectivity index (χ1) is 6.57. The van der Waals surface area contributed by atoms with E-state index in [0.717, 1.165) is 6.54 Å². The second-order valence-corrected chi connectivity index (χ2v) is 4.21. The molecule has 15 heavy (non-hydrogen) atoms. The predicted octanol–water partition coefficient (Wildman–Crippen LogP) is 0.100. The van der Waals surface area contributed by atoms with Gasteiger partial charge in [0, 0.05) is 12.6 Å². The van der Waals surface area contributed by atoms with Crippen molar-refractivity contribution in [2.45, 2.75) is 31.8 Å². The number of nitrogens with zero attached hydrogens (tertiary/aromatic N) is 1. The number of hydrogen-bond donors (Lipinski definition) is 2. The Morgan fingerprint density at radius 1 is 1.40 bits per heavy atom. The van der Waals surface area contributed by atoms with Crippen LogP contribution in [0.2, 0.25) is 0 Å². The first-order valence-corrected chi connectivity index (χ1v) is 4.93. The predicted molar refractivity (Wildman–Crippen MR) is 58.0 cm³/mol. The van der Waals surface area contributed by atoms with E-state index < -0.39 is 5.54 Å². The van der Waals surface area contributed by atoms with Crippen molar-refractivity contribution >= 4 is 24.3 Å². The van der Waals surface area contributed by atoms with Gasteiger partial charge in [-0.25, -0.2) is 4.79 Å². The Morgan fingerprint density at radius 3 is 2.47 bits per heavy atom. The molecule has 2 aliphatic heterocycles. The van der Waals surface area contributed by atoms with E-state index in [0.29, 0.717) is 13.0 Å². The zero-order chi connectivity index (χ0) is 10.3. The lowest BCUT2D eigenvalue weighted by molar-refractivity contribution is -0.131. The monoisotopic (exact) mass is 233 g/mol. The zero-order valence-electron chi connectivity index (χ0n) is 8.87. The van der Waals surface area contributed by atoms with E-state index in [1.807, 2.05) is 13.8 Å². The number of rotatable bonds is 1. The van der Waals surface area contributed by atoms with E-state index in [2.05, 4.69) is 10.6 Å². The van der Waals surface area contributed by atoms with Gasteiger partial charge in [-0.15, -0.1) is 12.4 Å². The van der Waals surface area contributed by atoms with Crippen LogP contribution in [0.4, 0.5) is 4.79 Å². The molecule has 86 valence electrons. The van der Waals surface area contributed by atoms with Gasteiger partial charge in [0.2, 0.25) is 0 Å². The average Bonchev–Trinajstić information content (AvgIpc) is 2.61. The summed E-state index contributed by atoms with van der Waals surface area (Å²) in [6, 6.07) is -0.323. The summed E-state index contributed by atoms with van der Waals surface area (Å²) in [5, 5.41) is 5.89. The number of carbonyl (C=O) groups is 2. The largest absolute Gasteiger partial charge is 0.325 e. The number of carbonyl (C=O) groups excluding carboxylic acids is 2. The van der Waals surface area contributed by atoms with Gasteiger partial charge in [0.25, 0.3) is 5.91 Å². The molecule has 3 amide bonds. The van der Waals surface area contributed by atoms with Crippen LogP contribution in [0.25, 0.3) is 0 Å². The number of halogens is 1. The second-order valence-electron chi connectivity index (χ2n) is 4.21. The number of urea groups is 1. The molecule has 2 rings (SSSR count). The highest BCUT2D eigenvalue weighted by Crippen LogP contribution is 2.25. The molecule has 0 aromatic rings. The molecule has 1 atom stereocenters. The molecule has 2 fully saturated rings. The summed E-state index contributed by atoms with van der Waals surface area (Å²) in [5.41, 5.74) is -0.651. The molecule has 0 bridgehead atoms. The van der Waals surface area contributed by atoms with Gasteiger partial charge in [0.15, 0.2) is 0 Å². The van der Waals surface area contributed by atoms with Crippen molar-refractivity contribution in [3.63, 3.8) is 0 Å². The Labute approximate surface area is 95.0 Å². The van der Waals surface area contributed by atoms with Crippen LogP contribution in [0.15, 0.2) is 0 Å². The van der Waals surface area contributed by atoms with Gasteiger partial charge in [-0.1, -0.05) is 0 Å². The summed E-state index contributed by atoms with van der Waals surface area (Å²) in [7, 11) is 0. The van der Waals surface area contributed by atoms with Crippen molar-refractivity contribution in [1.82, 2.24) is 15.5 Å². The molecule has 6 heteroatoms. The number of amides is 3. The summed E-state index contributed by atoms with van der Waals surface area (Å²) >= 11 is 0. The van der Waals surface area contributed by atoms with Crippen molar-refractivity contribution < 1.29 is 9.59 Å². The van der Waals surface area contributed by atoms with Crippen LogP contribution >= 0.6 is 12.4 Å². The normalized spacial score (nSPS) is 29.9. The van der Waals surface area contributed by atoms with E-state index in [1.165, 1.54) is 4.90 Å². The summed E-state index contributed by atoms with van der Waals surface area (Å²) in [6.07, 6.45) is 0.695. The van der Waals surface area contributed by atoms with E-state index in [-0.39, 0.29) is 30.4 Å². The van der Waals surface area contributed by atoms with Crippen LogP contribution in [-0.2, 0) is 4.79 Å². The van der Waals surface area contributed by atoms with Crippen molar-refractivity contribution in [2.75, 3.05) is 13.1 Å². The van der Waals surface area contributed by atoms with Crippen molar-refractivity contribution in [1.29, 1.82) is 0 Å². The van der Waals surface area contributed by atoms with Gasteiger partial charge in [-0.3, -0.25) is 9.69 Å². The first-order valence-electron chi connectivity index (χ1n) is 4.93. The topological polar surface area (TPSA) is 61.4 Å². The maximum Gasteiger partial charge on any atom is 0.325 e. The maximum absolute atomic E-state index is 12.0. The Bertz CT molecular complexity index is 287. The molecule has 2 aliphatic rings. The molecule has 0 saturated carbocycles. The SMILES string of the molecule is CC(C)N1C(=O)NC2(CCNC2)C1=O.Cl. The van der Waals surface area contributed by atoms with E-state index in [1.54, 1.807) is 0 Å². The minimum Gasteiger partial charge on any atom is -0.322 e. The molecule has 1 spiro atoms. The standard InChI is InChI=1S/C9H15N3O2.ClH/c1-6(2)12-7(13)9(11-8(12)14)3-4-10-5-9;/h6,10H,3-5H2,1-2H3,(H,11,14);1H. The van der Waals surface area contributed by atoms with E-state index >= 15 is 0 Å². The van der Waals surface area contributed by atoms with Gasteiger partial charge >= 0.3 is 6.03 Å². The summed E-state index contributed by atoms with van der Waals surface area (Å²) in [5.74, 6) is -0.0810. The average molecular weight is 234 g/mol. The molecular weight excluding hydrogens is 218 g/mol. The van der Waals surface area contributed by atoms with Crippen molar-refractivity contribution in [3.8, 4) is 0 Å². The summed E-state index contributed by atoms with van der Waals surface area (Å²) in [6.45, 7) is 5.04. The lowest BCUT2D eigenvalue weighted by Gasteiger charge is -2.21. The molecule has 1 unspecified atom stereocenters. The van der Waals surface area contributed by atoms with E-state index in [4.69, 9.17) is 0 Å². The lowest BCUT2D eigenvalue weighted by atomic mass is 9.99. The molecule has 2 N–H and O–H groups in total. The van der Waals surface area contributed by atoms with Gasteiger partial charge in [-0.2, -0.15) is 0 Å². The molecule has 0 radical (unpaired) electrons. The van der Waals surface area contributed by atoms with Crippen LogP contribution in [0.1, 0.15) is 20.3 Å². The van der Waals surface area contributed by atoms with Gasteiger partial charge in [0.1, 0.15) is 5.54 Å². The van der Waals surface area contributed by atoms with E-state index in [9.17, 15) is 9.59 Å². The molecule has 0 aromatic carbocycles. The van der Waals surface area contributed by atoms with Gasteiger partial charge in [-0.05, 0) is 26.8 Å². The molecule has 2 saturated heterocycles.